The van der Waals surface area contributed by atoms with E-state index in [1.54, 1.807) is 20.8 Å². The SMILES string of the molecule is CC(=O)NC1C(OCCCCC(=O)OC(C)(C)C)OC(COC(=O)NCc2ccccc2)C(OC(C)=O)C1OC(C)=O. The van der Waals surface area contributed by atoms with Gasteiger partial charge in [-0.2, -0.15) is 0 Å². The molecule has 2 N–H and O–H groups in total. The van der Waals surface area contributed by atoms with Crippen molar-refractivity contribution in [2.75, 3.05) is 13.2 Å². The van der Waals surface area contributed by atoms with Crippen molar-refractivity contribution in [2.24, 2.45) is 0 Å². The van der Waals surface area contributed by atoms with Gasteiger partial charge in [0.05, 0.1) is 0 Å². The topological polar surface area (TPSA) is 165 Å². The maximum absolute atomic E-state index is 12.4. The van der Waals surface area contributed by atoms with Crippen LogP contribution in [-0.2, 0) is 54.1 Å². The molecule has 42 heavy (non-hydrogen) atoms. The summed E-state index contributed by atoms with van der Waals surface area (Å²) in [5, 5.41) is 5.27. The molecule has 1 heterocycles. The molecule has 2 rings (SSSR count). The minimum atomic E-state index is -1.24. The lowest BCUT2D eigenvalue weighted by molar-refractivity contribution is -0.276. The molecule has 13 heteroatoms. The van der Waals surface area contributed by atoms with Gasteiger partial charge in [-0.1, -0.05) is 30.3 Å². The molecule has 234 valence electrons. The molecule has 13 nitrogen and oxygen atoms in total. The van der Waals surface area contributed by atoms with Crippen LogP contribution in [0.4, 0.5) is 4.79 Å². The fourth-order valence-electron chi connectivity index (χ4n) is 4.18. The molecule has 0 bridgehead atoms. The van der Waals surface area contributed by atoms with Crippen LogP contribution in [-0.4, -0.2) is 79.4 Å². The molecule has 5 unspecified atom stereocenters. The predicted octanol–water partition coefficient (Wildman–Crippen LogP) is 2.53. The molecule has 0 aromatic heterocycles. The second-order valence-corrected chi connectivity index (χ2v) is 10.8. The number of carbonyl (C=O) groups excluding carboxylic acids is 5. The Hall–Kier alpha value is -3.71. The summed E-state index contributed by atoms with van der Waals surface area (Å²) in [6.45, 7) is 8.88. The minimum Gasteiger partial charge on any atom is -0.460 e. The first-order valence-corrected chi connectivity index (χ1v) is 13.8. The van der Waals surface area contributed by atoms with Gasteiger partial charge in [0, 0.05) is 40.3 Å². The summed E-state index contributed by atoms with van der Waals surface area (Å²) in [7, 11) is 0. The number of rotatable bonds is 13. The van der Waals surface area contributed by atoms with Gasteiger partial charge in [-0.05, 0) is 39.2 Å². The number of benzene rings is 1. The molecule has 2 amide bonds. The standard InChI is InChI=1S/C29H42N2O11/c1-18(32)31-24-26(40-20(3)34)25(39-19(2)33)22(17-38-28(36)30-16-21-12-8-7-9-13-21)41-27(24)37-15-11-10-14-23(35)42-29(4,5)6/h7-9,12-13,22,24-27H,10-11,14-17H2,1-6H3,(H,30,36)(H,31,32). The number of nitrogens with one attached hydrogen (secondary N) is 2. The van der Waals surface area contributed by atoms with E-state index in [0.29, 0.717) is 12.8 Å². The van der Waals surface area contributed by atoms with Crippen LogP contribution in [0.1, 0.15) is 66.4 Å². The van der Waals surface area contributed by atoms with E-state index in [9.17, 15) is 24.0 Å². The highest BCUT2D eigenvalue weighted by Crippen LogP contribution is 2.28. The molecular weight excluding hydrogens is 552 g/mol. The van der Waals surface area contributed by atoms with Gasteiger partial charge < -0.3 is 39.1 Å². The number of unbranched alkanes of at least 4 members (excludes halogenated alkanes) is 1. The van der Waals surface area contributed by atoms with Gasteiger partial charge >= 0.3 is 24.0 Å². The monoisotopic (exact) mass is 594 g/mol. The lowest BCUT2D eigenvalue weighted by Gasteiger charge is -2.44. The van der Waals surface area contributed by atoms with Crippen molar-refractivity contribution in [3.8, 4) is 0 Å². The first-order valence-electron chi connectivity index (χ1n) is 13.8. The molecule has 1 aromatic carbocycles. The van der Waals surface area contributed by atoms with Crippen molar-refractivity contribution in [3.05, 3.63) is 35.9 Å². The zero-order chi connectivity index (χ0) is 31.3. The summed E-state index contributed by atoms with van der Waals surface area (Å²) in [4.78, 5) is 60.5. The molecule has 1 aromatic rings. The minimum absolute atomic E-state index is 0.111. The van der Waals surface area contributed by atoms with Crippen molar-refractivity contribution >= 4 is 29.9 Å². The molecule has 0 saturated carbocycles. The summed E-state index contributed by atoms with van der Waals surface area (Å²) in [5.41, 5.74) is 0.267. The van der Waals surface area contributed by atoms with Crippen LogP contribution >= 0.6 is 0 Å². The molecule has 1 saturated heterocycles. The van der Waals surface area contributed by atoms with Crippen LogP contribution in [0.3, 0.4) is 0 Å². The predicted molar refractivity (Wildman–Crippen MR) is 148 cm³/mol. The highest BCUT2D eigenvalue weighted by Gasteiger charge is 2.51. The average molecular weight is 595 g/mol. The fourth-order valence-corrected chi connectivity index (χ4v) is 4.18. The number of alkyl carbamates (subject to hydrolysis) is 1. The van der Waals surface area contributed by atoms with Crippen LogP contribution in [0.2, 0.25) is 0 Å². The third kappa shape index (κ3) is 12.9. The van der Waals surface area contributed by atoms with Gasteiger partial charge in [0.25, 0.3) is 0 Å². The van der Waals surface area contributed by atoms with Gasteiger partial charge in [-0.3, -0.25) is 19.2 Å². The number of ether oxygens (including phenoxy) is 6. The van der Waals surface area contributed by atoms with E-state index in [1.807, 2.05) is 30.3 Å². The summed E-state index contributed by atoms with van der Waals surface area (Å²) in [6.07, 6.45) is -4.42. The lowest BCUT2D eigenvalue weighted by Crippen LogP contribution is -2.66. The Morgan fingerprint density at radius 2 is 1.55 bits per heavy atom. The highest BCUT2D eigenvalue weighted by atomic mass is 16.7. The van der Waals surface area contributed by atoms with E-state index in [1.165, 1.54) is 13.8 Å². The van der Waals surface area contributed by atoms with Gasteiger partial charge in [0.1, 0.15) is 24.4 Å². The molecule has 0 radical (unpaired) electrons. The smallest absolute Gasteiger partial charge is 0.407 e. The molecule has 1 aliphatic rings. The Kier molecular flexibility index (Phi) is 13.7. The van der Waals surface area contributed by atoms with Crippen molar-refractivity contribution in [1.82, 2.24) is 10.6 Å². The van der Waals surface area contributed by atoms with Crippen LogP contribution in [0.15, 0.2) is 30.3 Å². The second-order valence-electron chi connectivity index (χ2n) is 10.8. The van der Waals surface area contributed by atoms with Crippen LogP contribution in [0, 0.1) is 0 Å². The Bertz CT molecular complexity index is 1060. The molecule has 0 aliphatic carbocycles. The van der Waals surface area contributed by atoms with Gasteiger partial charge in [-0.15, -0.1) is 0 Å². The van der Waals surface area contributed by atoms with Crippen LogP contribution < -0.4 is 10.6 Å². The highest BCUT2D eigenvalue weighted by molar-refractivity contribution is 5.74. The Morgan fingerprint density at radius 1 is 0.905 bits per heavy atom. The molecular formula is C29H42N2O11. The van der Waals surface area contributed by atoms with E-state index in [4.69, 9.17) is 28.4 Å². The number of amides is 2. The lowest BCUT2D eigenvalue weighted by atomic mass is 9.96. The Labute approximate surface area is 245 Å². The summed E-state index contributed by atoms with van der Waals surface area (Å²) in [6, 6.07) is 8.13. The van der Waals surface area contributed by atoms with Crippen molar-refractivity contribution < 1.29 is 52.4 Å². The van der Waals surface area contributed by atoms with Crippen molar-refractivity contribution in [2.45, 2.75) is 104 Å². The van der Waals surface area contributed by atoms with Crippen LogP contribution in [0.5, 0.6) is 0 Å². The van der Waals surface area contributed by atoms with Crippen molar-refractivity contribution in [3.63, 3.8) is 0 Å². The zero-order valence-electron chi connectivity index (χ0n) is 25.0. The molecule has 0 spiro atoms. The summed E-state index contributed by atoms with van der Waals surface area (Å²) < 4.78 is 33.5. The van der Waals surface area contributed by atoms with Crippen molar-refractivity contribution in [1.29, 1.82) is 0 Å². The number of hydrogen-bond donors (Lipinski definition) is 2. The zero-order valence-corrected chi connectivity index (χ0v) is 25.0. The summed E-state index contributed by atoms with van der Waals surface area (Å²) in [5.74, 6) is -2.22. The molecule has 1 aliphatic heterocycles. The van der Waals surface area contributed by atoms with Gasteiger partial charge in [0.2, 0.25) is 5.91 Å². The van der Waals surface area contributed by atoms with E-state index < -0.39 is 60.2 Å². The second kappa shape index (κ2) is 16.7. The maximum atomic E-state index is 12.4. The normalized spacial score (nSPS) is 21.9. The first kappa shape index (κ1) is 34.5. The average Bonchev–Trinajstić information content (AvgIpc) is 2.88. The van der Waals surface area contributed by atoms with Crippen LogP contribution in [0.25, 0.3) is 0 Å². The number of hydrogen-bond acceptors (Lipinski definition) is 11. The fraction of sp³-hybridized carbons (Fsp3) is 0.621. The molecule has 1 fully saturated rings. The maximum Gasteiger partial charge on any atom is 0.407 e. The van der Waals surface area contributed by atoms with E-state index in [-0.39, 0.29) is 32.1 Å². The third-order valence-corrected chi connectivity index (χ3v) is 5.76. The first-order chi connectivity index (χ1) is 19.7. The summed E-state index contributed by atoms with van der Waals surface area (Å²) >= 11 is 0. The van der Waals surface area contributed by atoms with E-state index >= 15 is 0 Å². The largest absolute Gasteiger partial charge is 0.460 e. The van der Waals surface area contributed by atoms with Gasteiger partial charge in [0.15, 0.2) is 18.5 Å². The number of carbonyl (C=O) groups is 5. The number of esters is 3. The quantitative estimate of drug-likeness (QED) is 0.196. The third-order valence-electron chi connectivity index (χ3n) is 5.76. The van der Waals surface area contributed by atoms with Gasteiger partial charge in [-0.25, -0.2) is 4.79 Å². The van der Waals surface area contributed by atoms with E-state index in [0.717, 1.165) is 12.5 Å². The van der Waals surface area contributed by atoms with E-state index in [2.05, 4.69) is 10.6 Å². The Morgan fingerprint density at radius 3 is 2.14 bits per heavy atom. The Balaban J connectivity index is 2.13. The molecule has 5 atom stereocenters.